The number of allylic oxidation sites excluding steroid dienone is 2. The monoisotopic (exact) mass is 704 g/mol. The molecule has 2 aliphatic heterocycles. The molecule has 3 heterocycles. The number of fused-ring (bicyclic) bond motifs is 4. The van der Waals surface area contributed by atoms with Gasteiger partial charge >= 0.3 is 6.97 Å². The molecular formula is C47H47BF2N2O. The summed E-state index contributed by atoms with van der Waals surface area (Å²) in [6, 6.07) is 39.8. The third-order valence-electron chi connectivity index (χ3n) is 11.0. The number of hydrogen-bond donors (Lipinski definition) is 0. The Labute approximate surface area is 312 Å². The highest BCUT2D eigenvalue weighted by Crippen LogP contribution is 2.44. The van der Waals surface area contributed by atoms with Crippen LogP contribution in [0.4, 0.5) is 8.63 Å². The molecule has 0 saturated carbocycles. The van der Waals surface area contributed by atoms with Crippen molar-refractivity contribution >= 4 is 39.8 Å². The molecule has 0 N–H and O–H groups in total. The SMILES string of the molecule is CCCCCCCCCCCCOc1ccc(C2=C3C=CC(c4ccc5ccccc5c4)=[N+]3[B-](F)(F)n3c2ccc3-c2ccc3ccccc3c2)cc1. The number of benzene rings is 5. The Morgan fingerprint density at radius 1 is 0.547 bits per heavy atom. The normalized spacial score (nSPS) is 14.7. The molecule has 5 aromatic carbocycles. The molecule has 0 fully saturated rings. The van der Waals surface area contributed by atoms with Crippen molar-refractivity contribution in [3.8, 4) is 17.0 Å². The van der Waals surface area contributed by atoms with E-state index < -0.39 is 6.97 Å². The number of rotatable bonds is 15. The molecule has 6 aromatic rings. The van der Waals surface area contributed by atoms with Crippen LogP contribution in [0.5, 0.6) is 5.75 Å². The summed E-state index contributed by atoms with van der Waals surface area (Å²) in [5.41, 5.74) is 5.17. The Kier molecular flexibility index (Phi) is 10.1. The van der Waals surface area contributed by atoms with Crippen molar-refractivity contribution in [2.24, 2.45) is 0 Å². The zero-order valence-corrected chi connectivity index (χ0v) is 30.6. The van der Waals surface area contributed by atoms with Gasteiger partial charge in [0.2, 0.25) is 0 Å². The van der Waals surface area contributed by atoms with E-state index in [9.17, 15) is 0 Å². The van der Waals surface area contributed by atoms with Gasteiger partial charge in [-0.25, -0.2) is 0 Å². The Balaban J connectivity index is 1.10. The van der Waals surface area contributed by atoms with Crippen LogP contribution in [-0.2, 0) is 0 Å². The van der Waals surface area contributed by atoms with Crippen LogP contribution < -0.4 is 4.74 Å². The van der Waals surface area contributed by atoms with E-state index in [1.165, 1.54) is 66.8 Å². The second-order valence-corrected chi connectivity index (χ2v) is 14.6. The van der Waals surface area contributed by atoms with E-state index in [1.54, 1.807) is 0 Å². The van der Waals surface area contributed by atoms with Gasteiger partial charge in [0.1, 0.15) is 5.75 Å². The highest BCUT2D eigenvalue weighted by molar-refractivity contribution is 6.59. The number of aromatic nitrogens is 1. The maximum absolute atomic E-state index is 17.4. The molecule has 0 aliphatic carbocycles. The first-order valence-corrected chi connectivity index (χ1v) is 19.6. The lowest BCUT2D eigenvalue weighted by atomic mass is 9.85. The average molecular weight is 705 g/mol. The molecule has 1 aromatic heterocycles. The fourth-order valence-corrected chi connectivity index (χ4v) is 8.18. The largest absolute Gasteiger partial charge is 0.737 e. The van der Waals surface area contributed by atoms with Crippen molar-refractivity contribution in [3.63, 3.8) is 0 Å². The standard InChI is InChI=1S/C47H47BF2N2O/c1-2-3-4-5-6-7-8-9-10-15-32-53-42-26-24-37(25-27-42)47-45-30-28-43(40-22-20-35-16-11-13-18-38(35)33-40)51(45)48(49,50)52-44(29-31-46(47)52)41-23-21-36-17-12-14-19-39(36)34-41/h11-14,16-31,33-34H,2-10,15,32H2,1H3. The predicted octanol–water partition coefficient (Wildman–Crippen LogP) is 12.8. The highest BCUT2D eigenvalue weighted by Gasteiger charge is 2.54. The first-order valence-electron chi connectivity index (χ1n) is 19.6. The van der Waals surface area contributed by atoms with Gasteiger partial charge in [0.05, 0.1) is 12.2 Å². The van der Waals surface area contributed by atoms with Gasteiger partial charge in [-0.1, -0.05) is 144 Å². The summed E-state index contributed by atoms with van der Waals surface area (Å²) in [6.07, 6.45) is 16.5. The van der Waals surface area contributed by atoms with E-state index in [4.69, 9.17) is 4.74 Å². The summed E-state index contributed by atoms with van der Waals surface area (Å²) in [7, 11) is 0. The van der Waals surface area contributed by atoms with Crippen molar-refractivity contribution in [2.45, 2.75) is 71.1 Å². The van der Waals surface area contributed by atoms with Crippen molar-refractivity contribution < 1.29 is 17.9 Å². The molecule has 0 spiro atoms. The van der Waals surface area contributed by atoms with Crippen LogP contribution in [0.2, 0.25) is 0 Å². The van der Waals surface area contributed by atoms with E-state index in [2.05, 4.69) is 6.92 Å². The minimum Gasteiger partial charge on any atom is -0.494 e. The summed E-state index contributed by atoms with van der Waals surface area (Å²) in [5, 5.41) is 4.19. The third kappa shape index (κ3) is 7.00. The first kappa shape index (κ1) is 34.8. The van der Waals surface area contributed by atoms with Crippen LogP contribution in [0, 0.1) is 0 Å². The summed E-state index contributed by atoms with van der Waals surface area (Å²) in [5.74, 6) is 0.801. The zero-order valence-electron chi connectivity index (χ0n) is 30.6. The first-order chi connectivity index (χ1) is 26.0. The molecular weight excluding hydrogens is 657 g/mol. The molecule has 0 saturated heterocycles. The zero-order chi connectivity index (χ0) is 36.2. The van der Waals surface area contributed by atoms with E-state index >= 15 is 8.63 Å². The number of halogens is 2. The fraction of sp³-hybridized carbons (Fsp3) is 0.255. The van der Waals surface area contributed by atoms with Gasteiger partial charge in [0.25, 0.3) is 0 Å². The van der Waals surface area contributed by atoms with Crippen LogP contribution >= 0.6 is 0 Å². The Hall–Kier alpha value is -5.23. The van der Waals surface area contributed by atoms with E-state index in [1.807, 2.05) is 133 Å². The predicted molar refractivity (Wildman–Crippen MR) is 218 cm³/mol. The number of hydrogen-bond acceptors (Lipinski definition) is 1. The van der Waals surface area contributed by atoms with Gasteiger partial charge < -0.3 is 22.3 Å². The van der Waals surface area contributed by atoms with E-state index in [-0.39, 0.29) is 0 Å². The summed E-state index contributed by atoms with van der Waals surface area (Å²) in [4.78, 5) is 0. The summed E-state index contributed by atoms with van der Waals surface area (Å²) >= 11 is 0. The molecule has 0 radical (unpaired) electrons. The van der Waals surface area contributed by atoms with Gasteiger partial charge in [0.15, 0.2) is 11.4 Å². The van der Waals surface area contributed by atoms with E-state index in [0.29, 0.717) is 29.4 Å². The molecule has 0 unspecified atom stereocenters. The van der Waals surface area contributed by atoms with Crippen molar-refractivity contribution in [3.05, 3.63) is 156 Å². The Morgan fingerprint density at radius 3 is 1.75 bits per heavy atom. The van der Waals surface area contributed by atoms with Crippen LogP contribution in [0.25, 0.3) is 38.4 Å². The second kappa shape index (κ2) is 15.4. The third-order valence-corrected chi connectivity index (χ3v) is 11.0. The van der Waals surface area contributed by atoms with Crippen LogP contribution in [-0.4, -0.2) is 28.3 Å². The van der Waals surface area contributed by atoms with Gasteiger partial charge in [0, 0.05) is 29.1 Å². The molecule has 53 heavy (non-hydrogen) atoms. The van der Waals surface area contributed by atoms with Gasteiger partial charge in [-0.2, -0.15) is 0 Å². The summed E-state index contributed by atoms with van der Waals surface area (Å²) < 4.78 is 43.6. The number of nitrogens with zero attached hydrogens (tertiary/aromatic N) is 2. The van der Waals surface area contributed by atoms with Crippen molar-refractivity contribution in [2.75, 3.05) is 6.61 Å². The molecule has 8 rings (SSSR count). The smallest absolute Gasteiger partial charge is 0.494 e. The highest BCUT2D eigenvalue weighted by atomic mass is 19.2. The number of unbranched alkanes of at least 4 members (excludes halogenated alkanes) is 9. The second-order valence-electron chi connectivity index (χ2n) is 14.6. The van der Waals surface area contributed by atoms with Crippen molar-refractivity contribution in [1.29, 1.82) is 0 Å². The van der Waals surface area contributed by atoms with Crippen molar-refractivity contribution in [1.82, 2.24) is 4.48 Å². The topological polar surface area (TPSA) is 17.2 Å². The molecule has 0 amide bonds. The van der Waals surface area contributed by atoms with Gasteiger partial charge in [-0.05, 0) is 81.6 Å². The van der Waals surface area contributed by atoms with Gasteiger partial charge in [-0.3, -0.25) is 0 Å². The lowest BCUT2D eigenvalue weighted by Gasteiger charge is -2.33. The minimum absolute atomic E-state index is 0.494. The van der Waals surface area contributed by atoms with Crippen LogP contribution in [0.3, 0.4) is 0 Å². The maximum atomic E-state index is 17.4. The molecule has 2 aliphatic rings. The molecule has 6 heteroatoms. The Morgan fingerprint density at radius 2 is 1.09 bits per heavy atom. The summed E-state index contributed by atoms with van der Waals surface area (Å²) in [6.45, 7) is -1.33. The van der Waals surface area contributed by atoms with Gasteiger partial charge in [-0.15, -0.1) is 0 Å². The van der Waals surface area contributed by atoms with Crippen LogP contribution in [0.15, 0.2) is 139 Å². The maximum Gasteiger partial charge on any atom is 0.737 e. The lowest BCUT2D eigenvalue weighted by Crippen LogP contribution is -2.51. The molecule has 3 nitrogen and oxygen atoms in total. The molecule has 0 bridgehead atoms. The fourth-order valence-electron chi connectivity index (χ4n) is 8.18. The molecule has 0 atom stereocenters. The minimum atomic E-state index is -4.27. The number of ether oxygens (including phenoxy) is 1. The van der Waals surface area contributed by atoms with E-state index in [0.717, 1.165) is 56.0 Å². The Bertz CT molecular complexity index is 2350. The molecule has 268 valence electrons. The van der Waals surface area contributed by atoms with Crippen LogP contribution in [0.1, 0.15) is 88.0 Å². The quantitative estimate of drug-likeness (QED) is 0.0768. The lowest BCUT2D eigenvalue weighted by molar-refractivity contribution is -0.360. The average Bonchev–Trinajstić information content (AvgIpc) is 3.85.